The van der Waals surface area contributed by atoms with Gasteiger partial charge in [-0.2, -0.15) is 4.98 Å². The second-order valence-electron chi connectivity index (χ2n) is 6.69. The molecule has 31 heavy (non-hydrogen) atoms. The molecule has 158 valence electrons. The number of aromatic nitrogens is 2. The Morgan fingerprint density at radius 1 is 1.10 bits per heavy atom. The first kappa shape index (κ1) is 20.3. The number of imide groups is 1. The van der Waals surface area contributed by atoms with Gasteiger partial charge in [0.15, 0.2) is 6.61 Å². The van der Waals surface area contributed by atoms with Gasteiger partial charge in [0.2, 0.25) is 17.6 Å². The highest BCUT2D eigenvalue weighted by atomic mass is 16.6. The fourth-order valence-electron chi connectivity index (χ4n) is 3.20. The minimum Gasteiger partial charge on any atom is -0.493 e. The van der Waals surface area contributed by atoms with Crippen molar-refractivity contribution in [3.63, 3.8) is 0 Å². The molecule has 0 bridgehead atoms. The maximum absolute atomic E-state index is 12.4. The fourth-order valence-corrected chi connectivity index (χ4v) is 3.20. The molecule has 9 nitrogen and oxygen atoms in total. The maximum Gasteiger partial charge on any atom is 0.338 e. The zero-order valence-electron chi connectivity index (χ0n) is 16.7. The predicted molar refractivity (Wildman–Crippen MR) is 108 cm³/mol. The van der Waals surface area contributed by atoms with Crippen molar-refractivity contribution in [3.05, 3.63) is 60.0 Å². The van der Waals surface area contributed by atoms with Gasteiger partial charge >= 0.3 is 5.97 Å². The molecule has 0 radical (unpaired) electrons. The average molecular weight is 421 g/mol. The van der Waals surface area contributed by atoms with Crippen LogP contribution in [0.2, 0.25) is 0 Å². The Morgan fingerprint density at radius 2 is 1.87 bits per heavy atom. The minimum atomic E-state index is -0.643. The highest BCUT2D eigenvalue weighted by Crippen LogP contribution is 2.28. The minimum absolute atomic E-state index is 0.121. The first-order chi connectivity index (χ1) is 15.1. The number of benzene rings is 2. The number of carbonyl (C=O) groups is 3. The summed E-state index contributed by atoms with van der Waals surface area (Å²) >= 11 is 0. The van der Waals surface area contributed by atoms with Crippen molar-refractivity contribution in [1.82, 2.24) is 10.1 Å². The third-order valence-electron chi connectivity index (χ3n) is 4.61. The summed E-state index contributed by atoms with van der Waals surface area (Å²) in [6, 6.07) is 13.4. The Kier molecular flexibility index (Phi) is 5.74. The molecule has 0 saturated carbocycles. The number of hydrogen-bond donors (Lipinski definition) is 0. The van der Waals surface area contributed by atoms with E-state index >= 15 is 0 Å². The molecule has 2 amide bonds. The van der Waals surface area contributed by atoms with Gasteiger partial charge in [0.25, 0.3) is 5.89 Å². The Bertz CT molecular complexity index is 1120. The molecule has 1 aliphatic rings. The largest absolute Gasteiger partial charge is 0.493 e. The standard InChI is InChI=1S/C22H19N3O6/c1-2-29-17-9-4-3-8-16(17)21-23-18(31-24-21)13-30-22(28)14-6-5-7-15(12-14)25-19(26)10-11-20(25)27/h3-9,12H,2,10-11,13H2,1H3. The highest BCUT2D eigenvalue weighted by molar-refractivity contribution is 6.20. The van der Waals surface area contributed by atoms with Crippen LogP contribution in [0.15, 0.2) is 53.1 Å². The quantitative estimate of drug-likeness (QED) is 0.422. The molecular formula is C22H19N3O6. The molecule has 1 aliphatic heterocycles. The lowest BCUT2D eigenvalue weighted by Gasteiger charge is -2.14. The van der Waals surface area contributed by atoms with E-state index in [1.165, 1.54) is 12.1 Å². The lowest BCUT2D eigenvalue weighted by Crippen LogP contribution is -2.28. The Balaban J connectivity index is 1.44. The first-order valence-electron chi connectivity index (χ1n) is 9.74. The lowest BCUT2D eigenvalue weighted by molar-refractivity contribution is -0.121. The molecule has 2 aromatic carbocycles. The van der Waals surface area contributed by atoms with Gasteiger partial charge in [-0.05, 0) is 37.3 Å². The van der Waals surface area contributed by atoms with E-state index in [2.05, 4.69) is 10.1 Å². The van der Waals surface area contributed by atoms with Gasteiger partial charge < -0.3 is 14.0 Å². The number of ether oxygens (including phenoxy) is 2. The molecule has 0 atom stereocenters. The molecule has 3 aromatic rings. The van der Waals surface area contributed by atoms with E-state index in [1.807, 2.05) is 19.1 Å². The topological polar surface area (TPSA) is 112 Å². The summed E-state index contributed by atoms with van der Waals surface area (Å²) in [5, 5.41) is 3.92. The van der Waals surface area contributed by atoms with E-state index in [4.69, 9.17) is 14.0 Å². The molecule has 1 aromatic heterocycles. The summed E-state index contributed by atoms with van der Waals surface area (Å²) < 4.78 is 16.0. The Morgan fingerprint density at radius 3 is 2.65 bits per heavy atom. The van der Waals surface area contributed by atoms with Crippen LogP contribution in [-0.2, 0) is 20.9 Å². The van der Waals surface area contributed by atoms with Crippen molar-refractivity contribution in [3.8, 4) is 17.1 Å². The van der Waals surface area contributed by atoms with E-state index in [-0.39, 0.29) is 42.7 Å². The second-order valence-corrected chi connectivity index (χ2v) is 6.69. The van der Waals surface area contributed by atoms with Gasteiger partial charge in [-0.3, -0.25) is 14.5 Å². The number of carbonyl (C=O) groups excluding carboxylic acids is 3. The molecule has 4 rings (SSSR count). The SMILES string of the molecule is CCOc1ccccc1-c1noc(COC(=O)c2cccc(N3C(=O)CCC3=O)c2)n1. The normalized spacial score (nSPS) is 13.5. The number of anilines is 1. The zero-order valence-corrected chi connectivity index (χ0v) is 16.7. The summed E-state index contributed by atoms with van der Waals surface area (Å²) in [4.78, 5) is 41.6. The summed E-state index contributed by atoms with van der Waals surface area (Å²) in [6.07, 6.45) is 0.332. The molecule has 0 N–H and O–H groups in total. The number of esters is 1. The van der Waals surface area contributed by atoms with E-state index in [0.717, 1.165) is 4.90 Å². The van der Waals surface area contributed by atoms with Crippen molar-refractivity contribution in [2.75, 3.05) is 11.5 Å². The molecule has 1 fully saturated rings. The van der Waals surface area contributed by atoms with Crippen LogP contribution in [0.5, 0.6) is 5.75 Å². The molecule has 0 spiro atoms. The third kappa shape index (κ3) is 4.30. The van der Waals surface area contributed by atoms with Crippen LogP contribution >= 0.6 is 0 Å². The summed E-state index contributed by atoms with van der Waals surface area (Å²) in [6.45, 7) is 2.14. The van der Waals surface area contributed by atoms with Crippen LogP contribution in [0.1, 0.15) is 36.0 Å². The fraction of sp³-hybridized carbons (Fsp3) is 0.227. The number of para-hydroxylation sites is 1. The molecular weight excluding hydrogens is 402 g/mol. The first-order valence-corrected chi connectivity index (χ1v) is 9.74. The predicted octanol–water partition coefficient (Wildman–Crippen LogP) is 3.15. The molecule has 1 saturated heterocycles. The number of hydrogen-bond acceptors (Lipinski definition) is 8. The van der Waals surface area contributed by atoms with Crippen molar-refractivity contribution in [2.24, 2.45) is 0 Å². The van der Waals surface area contributed by atoms with Crippen LogP contribution in [-0.4, -0.2) is 34.5 Å². The Labute approximate surface area is 177 Å². The van der Waals surface area contributed by atoms with Gasteiger partial charge in [-0.15, -0.1) is 0 Å². The van der Waals surface area contributed by atoms with Gasteiger partial charge in [0.05, 0.1) is 23.4 Å². The van der Waals surface area contributed by atoms with Crippen molar-refractivity contribution >= 4 is 23.5 Å². The van der Waals surface area contributed by atoms with E-state index < -0.39 is 5.97 Å². The van der Waals surface area contributed by atoms with E-state index in [0.29, 0.717) is 29.4 Å². The second kappa shape index (κ2) is 8.78. The van der Waals surface area contributed by atoms with Crippen LogP contribution < -0.4 is 9.64 Å². The smallest absolute Gasteiger partial charge is 0.338 e. The zero-order chi connectivity index (χ0) is 21.8. The monoisotopic (exact) mass is 421 g/mol. The van der Waals surface area contributed by atoms with Crippen molar-refractivity contribution < 1.29 is 28.4 Å². The van der Waals surface area contributed by atoms with Gasteiger partial charge in [0.1, 0.15) is 5.75 Å². The lowest BCUT2D eigenvalue weighted by atomic mass is 10.2. The van der Waals surface area contributed by atoms with E-state index in [1.54, 1.807) is 24.3 Å². The van der Waals surface area contributed by atoms with Crippen molar-refractivity contribution in [1.29, 1.82) is 0 Å². The number of amides is 2. The number of rotatable bonds is 7. The molecule has 9 heteroatoms. The maximum atomic E-state index is 12.4. The Hall–Kier alpha value is -4.01. The summed E-state index contributed by atoms with van der Waals surface area (Å²) in [5.41, 5.74) is 1.21. The third-order valence-corrected chi connectivity index (χ3v) is 4.61. The highest BCUT2D eigenvalue weighted by Gasteiger charge is 2.30. The number of nitrogens with zero attached hydrogens (tertiary/aromatic N) is 3. The van der Waals surface area contributed by atoms with Crippen molar-refractivity contribution in [2.45, 2.75) is 26.4 Å². The van der Waals surface area contributed by atoms with Gasteiger partial charge in [-0.25, -0.2) is 4.79 Å². The molecule has 0 unspecified atom stereocenters. The van der Waals surface area contributed by atoms with Crippen LogP contribution in [0.4, 0.5) is 5.69 Å². The van der Waals surface area contributed by atoms with Crippen LogP contribution in [0.25, 0.3) is 11.4 Å². The summed E-state index contributed by atoms with van der Waals surface area (Å²) in [7, 11) is 0. The molecule has 2 heterocycles. The average Bonchev–Trinajstić information content (AvgIpc) is 3.39. The van der Waals surface area contributed by atoms with Crippen LogP contribution in [0.3, 0.4) is 0 Å². The summed E-state index contributed by atoms with van der Waals surface area (Å²) in [5.74, 6) is -0.158. The van der Waals surface area contributed by atoms with Crippen LogP contribution in [0, 0.1) is 0 Å². The van der Waals surface area contributed by atoms with E-state index in [9.17, 15) is 14.4 Å². The van der Waals surface area contributed by atoms with Gasteiger partial charge in [0, 0.05) is 12.8 Å². The molecule has 0 aliphatic carbocycles. The van der Waals surface area contributed by atoms with Gasteiger partial charge in [-0.1, -0.05) is 23.4 Å².